The van der Waals surface area contributed by atoms with E-state index in [1.807, 2.05) is 0 Å². The van der Waals surface area contributed by atoms with Crippen molar-refractivity contribution in [1.82, 2.24) is 0 Å². The van der Waals surface area contributed by atoms with E-state index in [4.69, 9.17) is 4.74 Å². The van der Waals surface area contributed by atoms with Crippen LogP contribution in [-0.4, -0.2) is 26.4 Å². The quantitative estimate of drug-likeness (QED) is 0.820. The van der Waals surface area contributed by atoms with Crippen molar-refractivity contribution in [2.24, 2.45) is 5.92 Å². The van der Waals surface area contributed by atoms with Gasteiger partial charge < -0.3 is 9.84 Å². The lowest BCUT2D eigenvalue weighted by Crippen LogP contribution is -2.24. The number of nitrogens with one attached hydrogen (secondary N) is 1. The van der Waals surface area contributed by atoms with Gasteiger partial charge in [-0.25, -0.2) is 8.42 Å². The average molecular weight is 299 g/mol. The first-order valence-corrected chi connectivity index (χ1v) is 8.53. The summed E-state index contributed by atoms with van der Waals surface area (Å²) in [5.74, 6) is 0.731. The highest BCUT2D eigenvalue weighted by atomic mass is 32.2. The Labute approximate surface area is 120 Å². The van der Waals surface area contributed by atoms with Crippen molar-refractivity contribution < 1.29 is 18.3 Å². The summed E-state index contributed by atoms with van der Waals surface area (Å²) in [5, 5.41) is 9.72. The number of anilines is 1. The van der Waals surface area contributed by atoms with Crippen LogP contribution < -0.4 is 9.46 Å². The van der Waals surface area contributed by atoms with E-state index in [1.165, 1.54) is 25.7 Å². The van der Waals surface area contributed by atoms with E-state index in [-0.39, 0.29) is 23.1 Å². The second kappa shape index (κ2) is 6.35. The second-order valence-corrected chi connectivity index (χ2v) is 7.04. The van der Waals surface area contributed by atoms with Crippen LogP contribution in [0.15, 0.2) is 18.2 Å². The molecule has 0 radical (unpaired) electrons. The van der Waals surface area contributed by atoms with Crippen molar-refractivity contribution in [3.63, 3.8) is 0 Å². The van der Waals surface area contributed by atoms with Gasteiger partial charge in [-0.2, -0.15) is 0 Å². The molecule has 0 aliphatic heterocycles. The van der Waals surface area contributed by atoms with Gasteiger partial charge in [0.15, 0.2) is 0 Å². The highest BCUT2D eigenvalue weighted by Gasteiger charge is 2.22. The zero-order valence-electron chi connectivity index (χ0n) is 11.6. The zero-order valence-corrected chi connectivity index (χ0v) is 12.4. The van der Waals surface area contributed by atoms with Gasteiger partial charge in [-0.3, -0.25) is 4.72 Å². The fourth-order valence-corrected chi connectivity index (χ4v) is 4.13. The standard InChI is InChI=1S/C14H21NO4S/c1-19-12-7-8-14(16)13(9-12)15-20(17,18)10-11-5-3-2-4-6-11/h7-9,11,15-16H,2-6,10H2,1H3. The maximum Gasteiger partial charge on any atom is 0.233 e. The topological polar surface area (TPSA) is 75.6 Å². The fraction of sp³-hybridized carbons (Fsp3) is 0.571. The van der Waals surface area contributed by atoms with Crippen molar-refractivity contribution in [3.8, 4) is 11.5 Å². The summed E-state index contributed by atoms with van der Waals surface area (Å²) >= 11 is 0. The van der Waals surface area contributed by atoms with Crippen LogP contribution in [-0.2, 0) is 10.0 Å². The van der Waals surface area contributed by atoms with Gasteiger partial charge in [0.1, 0.15) is 11.5 Å². The molecule has 1 saturated carbocycles. The normalized spacial score (nSPS) is 16.9. The second-order valence-electron chi connectivity index (χ2n) is 5.27. The molecular formula is C14H21NO4S. The Bertz CT molecular complexity index is 550. The first-order valence-electron chi connectivity index (χ1n) is 6.87. The molecule has 1 aliphatic carbocycles. The highest BCUT2D eigenvalue weighted by molar-refractivity contribution is 7.92. The molecule has 6 heteroatoms. The Hall–Kier alpha value is -1.43. The summed E-state index contributed by atoms with van der Waals surface area (Å²) < 4.78 is 31.8. The van der Waals surface area contributed by atoms with Crippen LogP contribution in [0.3, 0.4) is 0 Å². The molecule has 2 N–H and O–H groups in total. The lowest BCUT2D eigenvalue weighted by Gasteiger charge is -2.21. The predicted molar refractivity (Wildman–Crippen MR) is 78.6 cm³/mol. The molecule has 0 spiro atoms. The maximum absolute atomic E-state index is 12.2. The SMILES string of the molecule is COc1ccc(O)c(NS(=O)(=O)CC2CCCCC2)c1. The van der Waals surface area contributed by atoms with E-state index in [2.05, 4.69) is 4.72 Å². The summed E-state index contributed by atoms with van der Waals surface area (Å²) in [6.45, 7) is 0. The summed E-state index contributed by atoms with van der Waals surface area (Å²) in [6.07, 6.45) is 5.33. The number of ether oxygens (including phenoxy) is 1. The molecule has 1 fully saturated rings. The van der Waals surface area contributed by atoms with Crippen molar-refractivity contribution in [2.45, 2.75) is 32.1 Å². The third-order valence-corrected chi connectivity index (χ3v) is 5.09. The van der Waals surface area contributed by atoms with Gasteiger partial charge in [-0.15, -0.1) is 0 Å². The first-order chi connectivity index (χ1) is 9.50. The number of rotatable bonds is 5. The van der Waals surface area contributed by atoms with Crippen LogP contribution in [0.2, 0.25) is 0 Å². The van der Waals surface area contributed by atoms with Crippen LogP contribution in [0.25, 0.3) is 0 Å². The van der Waals surface area contributed by atoms with Gasteiger partial charge in [0.05, 0.1) is 18.6 Å². The lowest BCUT2D eigenvalue weighted by atomic mass is 9.91. The van der Waals surface area contributed by atoms with E-state index in [1.54, 1.807) is 6.07 Å². The number of benzene rings is 1. The zero-order chi connectivity index (χ0) is 14.6. The van der Waals surface area contributed by atoms with Crippen molar-refractivity contribution in [3.05, 3.63) is 18.2 Å². The predicted octanol–water partition coefficient (Wildman–Crippen LogP) is 2.72. The van der Waals surface area contributed by atoms with Gasteiger partial charge in [0.25, 0.3) is 0 Å². The van der Waals surface area contributed by atoms with E-state index in [9.17, 15) is 13.5 Å². The van der Waals surface area contributed by atoms with Gasteiger partial charge in [0.2, 0.25) is 10.0 Å². The van der Waals surface area contributed by atoms with Gasteiger partial charge in [-0.1, -0.05) is 19.3 Å². The Balaban J connectivity index is 2.07. The Kier molecular flexibility index (Phi) is 4.75. The molecule has 5 nitrogen and oxygen atoms in total. The Morgan fingerprint density at radius 2 is 2.00 bits per heavy atom. The van der Waals surface area contributed by atoms with Gasteiger partial charge in [-0.05, 0) is 30.9 Å². The number of methoxy groups -OCH3 is 1. The summed E-state index contributed by atoms with van der Waals surface area (Å²) in [6, 6.07) is 4.47. The van der Waals surface area contributed by atoms with E-state index >= 15 is 0 Å². The number of hydrogen-bond donors (Lipinski definition) is 2. The van der Waals surface area contributed by atoms with Crippen LogP contribution in [0, 0.1) is 5.92 Å². The fourth-order valence-electron chi connectivity index (χ4n) is 2.60. The molecule has 1 aromatic carbocycles. The maximum atomic E-state index is 12.2. The number of phenolic OH excluding ortho intramolecular Hbond substituents is 1. The molecule has 0 unspecified atom stereocenters. The largest absolute Gasteiger partial charge is 0.506 e. The highest BCUT2D eigenvalue weighted by Crippen LogP contribution is 2.30. The average Bonchev–Trinajstić information content (AvgIpc) is 2.41. The smallest absolute Gasteiger partial charge is 0.233 e. The lowest BCUT2D eigenvalue weighted by molar-refractivity contribution is 0.385. The third kappa shape index (κ3) is 4.03. The number of hydrogen-bond acceptors (Lipinski definition) is 4. The molecule has 0 aromatic heterocycles. The van der Waals surface area contributed by atoms with Crippen LogP contribution in [0.5, 0.6) is 11.5 Å². The monoisotopic (exact) mass is 299 g/mol. The molecule has 20 heavy (non-hydrogen) atoms. The number of aromatic hydroxyl groups is 1. The minimum absolute atomic E-state index is 0.0991. The summed E-state index contributed by atoms with van der Waals surface area (Å²) in [5.41, 5.74) is 0.167. The molecule has 0 heterocycles. The van der Waals surface area contributed by atoms with Crippen molar-refractivity contribution in [2.75, 3.05) is 17.6 Å². The van der Waals surface area contributed by atoms with E-state index < -0.39 is 10.0 Å². The minimum atomic E-state index is -3.45. The number of sulfonamides is 1. The molecule has 112 valence electrons. The molecule has 1 aliphatic rings. The molecule has 2 rings (SSSR count). The van der Waals surface area contributed by atoms with Crippen molar-refractivity contribution >= 4 is 15.7 Å². The molecule has 0 saturated heterocycles. The summed E-state index contributed by atoms with van der Waals surface area (Å²) in [7, 11) is -1.95. The first kappa shape index (κ1) is 15.0. The Morgan fingerprint density at radius 1 is 1.30 bits per heavy atom. The summed E-state index contributed by atoms with van der Waals surface area (Å²) in [4.78, 5) is 0. The van der Waals surface area contributed by atoms with E-state index in [0.717, 1.165) is 25.7 Å². The van der Waals surface area contributed by atoms with Gasteiger partial charge >= 0.3 is 0 Å². The molecule has 0 atom stereocenters. The van der Waals surface area contributed by atoms with Crippen LogP contribution in [0.4, 0.5) is 5.69 Å². The molecular weight excluding hydrogens is 278 g/mol. The molecule has 0 bridgehead atoms. The van der Waals surface area contributed by atoms with Crippen LogP contribution in [0.1, 0.15) is 32.1 Å². The minimum Gasteiger partial charge on any atom is -0.506 e. The molecule has 0 amide bonds. The van der Waals surface area contributed by atoms with E-state index in [0.29, 0.717) is 5.75 Å². The number of phenols is 1. The van der Waals surface area contributed by atoms with Gasteiger partial charge in [0, 0.05) is 6.07 Å². The Morgan fingerprint density at radius 3 is 2.65 bits per heavy atom. The van der Waals surface area contributed by atoms with Crippen LogP contribution >= 0.6 is 0 Å². The van der Waals surface area contributed by atoms with Crippen molar-refractivity contribution in [1.29, 1.82) is 0 Å². The molecule has 1 aromatic rings. The third-order valence-electron chi connectivity index (χ3n) is 3.65.